The molecule has 300 valence electrons. The second kappa shape index (κ2) is 20.5. The number of aromatic nitrogens is 2. The number of halogens is 4. The molecule has 0 aliphatic heterocycles. The van der Waals surface area contributed by atoms with Gasteiger partial charge in [-0.1, -0.05) is 95.5 Å². The maximum atomic E-state index is 13.6. The van der Waals surface area contributed by atoms with Crippen molar-refractivity contribution < 1.29 is 33.8 Å². The van der Waals surface area contributed by atoms with Crippen LogP contribution < -0.4 is 9.80 Å². The molecule has 0 fully saturated rings. The van der Waals surface area contributed by atoms with Crippen molar-refractivity contribution in [2.75, 3.05) is 23.9 Å². The number of aliphatic carboxylic acids is 2. The van der Waals surface area contributed by atoms with Gasteiger partial charge in [-0.25, -0.2) is 14.4 Å². The van der Waals surface area contributed by atoms with Gasteiger partial charge in [-0.2, -0.15) is 0 Å². The van der Waals surface area contributed by atoms with Crippen molar-refractivity contribution in [3.05, 3.63) is 140 Å². The van der Waals surface area contributed by atoms with Crippen LogP contribution >= 0.6 is 57.5 Å². The van der Waals surface area contributed by atoms with E-state index in [9.17, 15) is 33.8 Å². The lowest BCUT2D eigenvalue weighted by molar-refractivity contribution is -0.141. The van der Waals surface area contributed by atoms with Gasteiger partial charge >= 0.3 is 11.9 Å². The van der Waals surface area contributed by atoms with Gasteiger partial charge in [0.2, 0.25) is 11.8 Å². The van der Waals surface area contributed by atoms with E-state index in [-0.39, 0.29) is 24.7 Å². The largest absolute Gasteiger partial charge is 0.481 e. The summed E-state index contributed by atoms with van der Waals surface area (Å²) in [6, 6.07) is 27.8. The van der Waals surface area contributed by atoms with E-state index >= 15 is 0 Å². The van der Waals surface area contributed by atoms with Crippen molar-refractivity contribution in [1.29, 1.82) is 0 Å². The average molecular weight is 882 g/mol. The number of benzene rings is 4. The molecule has 0 aliphatic carbocycles. The van der Waals surface area contributed by atoms with Gasteiger partial charge in [0.1, 0.15) is 5.82 Å². The fourth-order valence-electron chi connectivity index (χ4n) is 5.94. The Labute approximate surface area is 357 Å². The second-order valence-corrected chi connectivity index (χ2v) is 16.0. The maximum absolute atomic E-state index is 13.6. The third-order valence-electron chi connectivity index (χ3n) is 8.77. The number of rotatable bonds is 14. The molecule has 10 nitrogen and oxygen atoms in total. The Morgan fingerprint density at radius 3 is 1.57 bits per heavy atom. The van der Waals surface area contributed by atoms with Crippen LogP contribution in [0.25, 0.3) is 22.5 Å². The molecule has 2 heterocycles. The molecule has 0 saturated heterocycles. The minimum atomic E-state index is -1.04. The van der Waals surface area contributed by atoms with Crippen LogP contribution in [0.4, 0.5) is 14.7 Å². The predicted octanol–water partition coefficient (Wildman–Crippen LogP) is 10.3. The number of anilines is 2. The van der Waals surface area contributed by atoms with Crippen molar-refractivity contribution in [3.63, 3.8) is 0 Å². The lowest BCUT2D eigenvalue weighted by Crippen LogP contribution is -2.35. The van der Waals surface area contributed by atoms with Crippen molar-refractivity contribution in [1.82, 2.24) is 9.97 Å². The first kappa shape index (κ1) is 43.9. The third kappa shape index (κ3) is 12.2. The molecule has 0 aliphatic rings. The zero-order valence-electron chi connectivity index (χ0n) is 31.0. The predicted molar refractivity (Wildman–Crippen MR) is 229 cm³/mol. The van der Waals surface area contributed by atoms with E-state index in [2.05, 4.69) is 9.97 Å². The van der Waals surface area contributed by atoms with Gasteiger partial charge in [0.25, 0.3) is 0 Å². The van der Waals surface area contributed by atoms with Gasteiger partial charge < -0.3 is 10.2 Å². The summed E-state index contributed by atoms with van der Waals surface area (Å²) in [6.07, 6.45) is 0.120. The Morgan fingerprint density at radius 2 is 1.10 bits per heavy atom. The van der Waals surface area contributed by atoms with E-state index in [0.717, 1.165) is 16.7 Å². The van der Waals surface area contributed by atoms with E-state index < -0.39 is 29.6 Å². The first-order chi connectivity index (χ1) is 27.7. The number of carbonyl (C=O) groups excluding carboxylic acids is 2. The molecule has 2 N–H and O–H groups in total. The van der Waals surface area contributed by atoms with Gasteiger partial charge in [-0.3, -0.25) is 29.0 Å². The summed E-state index contributed by atoms with van der Waals surface area (Å²) in [5, 5.41) is 24.2. The molecule has 2 aromatic heterocycles. The van der Waals surface area contributed by atoms with Crippen LogP contribution in [0.1, 0.15) is 24.0 Å². The lowest BCUT2D eigenvalue weighted by atomic mass is 9.95. The maximum Gasteiger partial charge on any atom is 0.304 e. The Kier molecular flexibility index (Phi) is 15.5. The first-order valence-electron chi connectivity index (χ1n) is 17.6. The summed E-state index contributed by atoms with van der Waals surface area (Å²) in [5.41, 5.74) is 4.07. The summed E-state index contributed by atoms with van der Waals surface area (Å²) < 4.78 is 13.6. The standard InChI is InChI=1S/C21H18Cl2N2O3S.C21H18ClFN2O3S/c1-25(20(28)15(10-19(26)27)7-13-5-3-2-4-6-13)21-24-18(12-29-21)14-8-16(22)11-17(23)9-14;1-25(20(28)14(10-19(26)27)9-13-5-3-2-4-6-13)21-24-18(12-29-21)16-11-15(23)7-8-17(16)22/h2-6,8-9,11-12,15H,7,10H2,1H3,(H,26,27);2-8,11-12,14H,9-10H2,1H3,(H,26,27)/t15-;14-/m11/s1. The smallest absolute Gasteiger partial charge is 0.304 e. The van der Waals surface area contributed by atoms with Gasteiger partial charge in [0, 0.05) is 46.0 Å². The van der Waals surface area contributed by atoms with Gasteiger partial charge in [-0.15, -0.1) is 22.7 Å². The number of carbonyl (C=O) groups is 4. The van der Waals surface area contributed by atoms with E-state index in [1.54, 1.807) is 37.7 Å². The molecular formula is C42H36Cl3FN4O6S2. The number of amides is 2. The summed E-state index contributed by atoms with van der Waals surface area (Å²) >= 11 is 20.7. The number of thiazole rings is 2. The lowest BCUT2D eigenvalue weighted by Gasteiger charge is -2.21. The van der Waals surface area contributed by atoms with Crippen LogP contribution in [0.5, 0.6) is 0 Å². The number of hydrogen-bond donors (Lipinski definition) is 2. The highest BCUT2D eigenvalue weighted by molar-refractivity contribution is 7.14. The molecule has 2 atom stereocenters. The van der Waals surface area contributed by atoms with Crippen LogP contribution in [0.3, 0.4) is 0 Å². The van der Waals surface area contributed by atoms with E-state index in [0.29, 0.717) is 55.1 Å². The van der Waals surface area contributed by atoms with Gasteiger partial charge in [0.15, 0.2) is 10.3 Å². The fraction of sp³-hybridized carbons (Fsp3) is 0.190. The number of nitrogens with zero attached hydrogens (tertiary/aromatic N) is 4. The number of hydrogen-bond acceptors (Lipinski definition) is 8. The highest BCUT2D eigenvalue weighted by Crippen LogP contribution is 2.34. The molecule has 16 heteroatoms. The molecule has 4 aromatic carbocycles. The molecule has 6 aromatic rings. The average Bonchev–Trinajstić information content (AvgIpc) is 3.89. The van der Waals surface area contributed by atoms with E-state index in [1.165, 1.54) is 50.7 Å². The fourth-order valence-corrected chi connectivity index (χ4v) is 8.28. The third-order valence-corrected chi connectivity index (χ3v) is 11.4. The van der Waals surface area contributed by atoms with Crippen molar-refractivity contribution >= 4 is 91.5 Å². The highest BCUT2D eigenvalue weighted by Gasteiger charge is 2.29. The topological polar surface area (TPSA) is 141 Å². The van der Waals surface area contributed by atoms with Crippen LogP contribution in [0, 0.1) is 17.7 Å². The summed E-state index contributed by atoms with van der Waals surface area (Å²) in [7, 11) is 3.16. The Balaban J connectivity index is 0.000000221. The molecule has 2 amide bonds. The number of carboxylic acid groups (broad SMARTS) is 2. The monoisotopic (exact) mass is 880 g/mol. The van der Waals surface area contributed by atoms with E-state index in [4.69, 9.17) is 34.8 Å². The molecule has 0 bridgehead atoms. The molecule has 0 unspecified atom stereocenters. The van der Waals surface area contributed by atoms with Crippen LogP contribution in [0.2, 0.25) is 15.1 Å². The molecule has 0 spiro atoms. The highest BCUT2D eigenvalue weighted by atomic mass is 35.5. The molecule has 6 rings (SSSR count). The minimum Gasteiger partial charge on any atom is -0.481 e. The zero-order valence-corrected chi connectivity index (χ0v) is 34.9. The van der Waals surface area contributed by atoms with Gasteiger partial charge in [-0.05, 0) is 60.4 Å². The Morgan fingerprint density at radius 1 is 0.655 bits per heavy atom. The van der Waals surface area contributed by atoms with Crippen LogP contribution in [-0.4, -0.2) is 58.0 Å². The van der Waals surface area contributed by atoms with E-state index in [1.807, 2.05) is 66.0 Å². The molecule has 58 heavy (non-hydrogen) atoms. The quantitative estimate of drug-likeness (QED) is 0.110. The van der Waals surface area contributed by atoms with Gasteiger partial charge in [0.05, 0.1) is 41.1 Å². The zero-order chi connectivity index (χ0) is 41.9. The Hall–Kier alpha value is -5.18. The SMILES string of the molecule is CN(C(=O)[C@@H](CC(=O)O)Cc1ccccc1)c1nc(-c2cc(Cl)cc(Cl)c2)cs1.CN(C(=O)[C@@H](CC(=O)O)Cc1ccccc1)c1nc(-c2cc(F)ccc2Cl)cs1. The molecule has 0 radical (unpaired) electrons. The normalized spacial score (nSPS) is 11.8. The van der Waals surface area contributed by atoms with Crippen molar-refractivity contribution in [2.24, 2.45) is 11.8 Å². The number of carboxylic acids is 2. The summed E-state index contributed by atoms with van der Waals surface area (Å²) in [4.78, 5) is 60.3. The van der Waals surface area contributed by atoms with Crippen molar-refractivity contribution in [2.45, 2.75) is 25.7 Å². The van der Waals surface area contributed by atoms with Crippen molar-refractivity contribution in [3.8, 4) is 22.5 Å². The Bertz CT molecular complexity index is 2360. The summed E-state index contributed by atoms with van der Waals surface area (Å²) in [5.74, 6) is -4.55. The minimum absolute atomic E-state index is 0.250. The summed E-state index contributed by atoms with van der Waals surface area (Å²) in [6.45, 7) is 0. The van der Waals surface area contributed by atoms with Crippen LogP contribution in [0.15, 0.2) is 108 Å². The molecular weight excluding hydrogens is 846 g/mol. The van der Waals surface area contributed by atoms with Crippen LogP contribution in [-0.2, 0) is 32.0 Å². The molecule has 0 saturated carbocycles. The first-order valence-corrected chi connectivity index (χ1v) is 20.5. The second-order valence-electron chi connectivity index (χ2n) is 13.1.